The van der Waals surface area contributed by atoms with E-state index in [0.717, 1.165) is 31.6 Å². The van der Waals surface area contributed by atoms with Crippen molar-refractivity contribution in [2.24, 2.45) is 13.0 Å². The number of nitrogens with zero attached hydrogens (tertiary/aromatic N) is 2. The summed E-state index contributed by atoms with van der Waals surface area (Å²) in [5.41, 5.74) is 2.27. The van der Waals surface area contributed by atoms with Gasteiger partial charge in [-0.3, -0.25) is 4.68 Å². The number of benzene rings is 1. The first-order valence-electron chi connectivity index (χ1n) is 7.48. The van der Waals surface area contributed by atoms with Crippen molar-refractivity contribution in [2.75, 3.05) is 13.2 Å². The van der Waals surface area contributed by atoms with Gasteiger partial charge in [-0.1, -0.05) is 31.5 Å². The van der Waals surface area contributed by atoms with Crippen LogP contribution in [0, 0.1) is 5.92 Å². The van der Waals surface area contributed by atoms with Crippen molar-refractivity contribution in [3.05, 3.63) is 30.0 Å². The van der Waals surface area contributed by atoms with Gasteiger partial charge in [0.25, 0.3) is 0 Å². The van der Waals surface area contributed by atoms with Crippen molar-refractivity contribution in [3.8, 4) is 0 Å². The average Bonchev–Trinajstić information content (AvgIpc) is 2.77. The van der Waals surface area contributed by atoms with E-state index in [1.165, 1.54) is 17.3 Å². The van der Waals surface area contributed by atoms with Gasteiger partial charge in [0.1, 0.15) is 0 Å². The lowest BCUT2D eigenvalue weighted by molar-refractivity contribution is 0.248. The average molecular weight is 275 g/mol. The molecule has 1 aromatic carbocycles. The fraction of sp³-hybridized carbons (Fsp3) is 0.562. The SMILES string of the molecule is CCCC(CCO)CNCc1nn(C)c2ccccc12. The smallest absolute Gasteiger partial charge is 0.0841 e. The highest BCUT2D eigenvalue weighted by Gasteiger charge is 2.10. The van der Waals surface area contributed by atoms with E-state index in [2.05, 4.69) is 35.5 Å². The fourth-order valence-electron chi connectivity index (χ4n) is 2.75. The molecule has 0 spiro atoms. The first-order chi connectivity index (χ1) is 9.76. The molecule has 0 saturated heterocycles. The molecule has 0 saturated carbocycles. The molecular weight excluding hydrogens is 250 g/mol. The largest absolute Gasteiger partial charge is 0.396 e. The highest BCUT2D eigenvalue weighted by atomic mass is 16.3. The van der Waals surface area contributed by atoms with E-state index in [9.17, 15) is 0 Å². The molecule has 1 aromatic heterocycles. The molecule has 2 rings (SSSR count). The summed E-state index contributed by atoms with van der Waals surface area (Å²) in [5.74, 6) is 0.556. The normalized spacial score (nSPS) is 12.9. The number of aryl methyl sites for hydroxylation is 1. The third-order valence-electron chi connectivity index (χ3n) is 3.79. The summed E-state index contributed by atoms with van der Waals surface area (Å²) in [5, 5.41) is 18.4. The molecule has 2 N–H and O–H groups in total. The molecule has 0 fully saturated rings. The summed E-state index contributed by atoms with van der Waals surface area (Å²) in [7, 11) is 1.98. The molecular formula is C16H25N3O. The monoisotopic (exact) mass is 275 g/mol. The van der Waals surface area contributed by atoms with Crippen LogP contribution in [0.15, 0.2) is 24.3 Å². The molecule has 1 heterocycles. The van der Waals surface area contributed by atoms with Gasteiger partial charge in [-0.15, -0.1) is 0 Å². The maximum atomic E-state index is 9.08. The van der Waals surface area contributed by atoms with Crippen LogP contribution in [0.2, 0.25) is 0 Å². The number of nitrogens with one attached hydrogen (secondary N) is 1. The van der Waals surface area contributed by atoms with E-state index in [1.54, 1.807) is 0 Å². The lowest BCUT2D eigenvalue weighted by atomic mass is 10.0. The van der Waals surface area contributed by atoms with Crippen LogP contribution in [0.5, 0.6) is 0 Å². The quantitative estimate of drug-likeness (QED) is 0.778. The second-order valence-electron chi connectivity index (χ2n) is 5.39. The first kappa shape index (κ1) is 15.0. The number of para-hydroxylation sites is 1. The Morgan fingerprint density at radius 3 is 2.85 bits per heavy atom. The maximum absolute atomic E-state index is 9.08. The second-order valence-corrected chi connectivity index (χ2v) is 5.39. The van der Waals surface area contributed by atoms with Gasteiger partial charge in [-0.2, -0.15) is 5.10 Å². The Balaban J connectivity index is 1.95. The summed E-state index contributed by atoms with van der Waals surface area (Å²) >= 11 is 0. The predicted molar refractivity (Wildman–Crippen MR) is 82.5 cm³/mol. The molecule has 1 unspecified atom stereocenters. The van der Waals surface area contributed by atoms with Crippen molar-refractivity contribution < 1.29 is 5.11 Å². The van der Waals surface area contributed by atoms with Gasteiger partial charge < -0.3 is 10.4 Å². The lowest BCUT2D eigenvalue weighted by Crippen LogP contribution is -2.23. The molecule has 110 valence electrons. The van der Waals surface area contributed by atoms with Gasteiger partial charge in [0, 0.05) is 25.6 Å². The third-order valence-corrected chi connectivity index (χ3v) is 3.79. The highest BCUT2D eigenvalue weighted by Crippen LogP contribution is 2.17. The summed E-state index contributed by atoms with van der Waals surface area (Å²) in [6.07, 6.45) is 3.21. The molecule has 4 heteroatoms. The van der Waals surface area contributed by atoms with Gasteiger partial charge >= 0.3 is 0 Å². The zero-order chi connectivity index (χ0) is 14.4. The van der Waals surface area contributed by atoms with Crippen LogP contribution in [0.1, 0.15) is 31.9 Å². The van der Waals surface area contributed by atoms with Crippen LogP contribution < -0.4 is 5.32 Å². The van der Waals surface area contributed by atoms with Gasteiger partial charge in [-0.05, 0) is 31.4 Å². The fourth-order valence-corrected chi connectivity index (χ4v) is 2.75. The summed E-state index contributed by atoms with van der Waals surface area (Å²) in [4.78, 5) is 0. The van der Waals surface area contributed by atoms with Crippen LogP contribution in [0.3, 0.4) is 0 Å². The van der Waals surface area contributed by atoms with E-state index in [4.69, 9.17) is 5.11 Å². The summed E-state index contributed by atoms with van der Waals surface area (Å²) < 4.78 is 1.93. The Kier molecular flexibility index (Phi) is 5.56. The van der Waals surface area contributed by atoms with E-state index in [-0.39, 0.29) is 6.61 Å². The number of rotatable bonds is 8. The van der Waals surface area contributed by atoms with Crippen LogP contribution in [-0.4, -0.2) is 28.0 Å². The van der Waals surface area contributed by atoms with Crippen molar-refractivity contribution in [1.29, 1.82) is 0 Å². The molecule has 0 bridgehead atoms. The maximum Gasteiger partial charge on any atom is 0.0841 e. The number of fused-ring (bicyclic) bond motifs is 1. The molecule has 0 radical (unpaired) electrons. The van der Waals surface area contributed by atoms with E-state index < -0.39 is 0 Å². The molecule has 0 aliphatic rings. The summed E-state index contributed by atoms with van der Waals surface area (Å²) in [6.45, 7) is 4.20. The Hall–Kier alpha value is -1.39. The standard InChI is InChI=1S/C16H25N3O/c1-3-6-13(9-10-20)11-17-12-15-14-7-4-5-8-16(14)19(2)18-15/h4-5,7-8,13,17,20H,3,6,9-12H2,1-2H3. The van der Waals surface area contributed by atoms with Gasteiger partial charge in [0.15, 0.2) is 0 Å². The molecule has 0 amide bonds. The topological polar surface area (TPSA) is 50.1 Å². The highest BCUT2D eigenvalue weighted by molar-refractivity contribution is 5.81. The number of hydrogen-bond donors (Lipinski definition) is 2. The minimum absolute atomic E-state index is 0.277. The van der Waals surface area contributed by atoms with Crippen molar-refractivity contribution >= 4 is 10.9 Å². The number of aliphatic hydroxyl groups is 1. The Morgan fingerprint density at radius 1 is 1.30 bits per heavy atom. The van der Waals surface area contributed by atoms with Crippen molar-refractivity contribution in [2.45, 2.75) is 32.7 Å². The Bertz CT molecular complexity index is 530. The third kappa shape index (κ3) is 3.58. The van der Waals surface area contributed by atoms with Gasteiger partial charge in [0.2, 0.25) is 0 Å². The van der Waals surface area contributed by atoms with E-state index in [1.807, 2.05) is 17.8 Å². The van der Waals surface area contributed by atoms with Gasteiger partial charge in [-0.25, -0.2) is 0 Å². The summed E-state index contributed by atoms with van der Waals surface area (Å²) in [6, 6.07) is 8.31. The van der Waals surface area contributed by atoms with Crippen LogP contribution >= 0.6 is 0 Å². The zero-order valence-electron chi connectivity index (χ0n) is 12.5. The minimum atomic E-state index is 0.277. The van der Waals surface area contributed by atoms with E-state index >= 15 is 0 Å². The predicted octanol–water partition coefficient (Wildman–Crippen LogP) is 2.46. The number of hydrogen-bond acceptors (Lipinski definition) is 3. The first-order valence-corrected chi connectivity index (χ1v) is 7.48. The Labute approximate surface area is 120 Å². The molecule has 0 aliphatic carbocycles. The number of aromatic nitrogens is 2. The molecule has 0 aliphatic heterocycles. The van der Waals surface area contributed by atoms with Gasteiger partial charge in [0.05, 0.1) is 11.2 Å². The molecule has 20 heavy (non-hydrogen) atoms. The van der Waals surface area contributed by atoms with Crippen LogP contribution in [0.4, 0.5) is 0 Å². The van der Waals surface area contributed by atoms with Crippen molar-refractivity contribution in [1.82, 2.24) is 15.1 Å². The second kappa shape index (κ2) is 7.41. The number of aliphatic hydroxyl groups excluding tert-OH is 1. The van der Waals surface area contributed by atoms with Crippen LogP contribution in [-0.2, 0) is 13.6 Å². The Morgan fingerprint density at radius 2 is 2.10 bits per heavy atom. The minimum Gasteiger partial charge on any atom is -0.396 e. The van der Waals surface area contributed by atoms with Crippen LogP contribution in [0.25, 0.3) is 10.9 Å². The van der Waals surface area contributed by atoms with E-state index in [0.29, 0.717) is 5.92 Å². The molecule has 4 nitrogen and oxygen atoms in total. The zero-order valence-corrected chi connectivity index (χ0v) is 12.5. The lowest BCUT2D eigenvalue weighted by Gasteiger charge is -2.15. The molecule has 2 aromatic rings. The van der Waals surface area contributed by atoms with Crippen molar-refractivity contribution in [3.63, 3.8) is 0 Å². The molecule has 1 atom stereocenters.